The van der Waals surface area contributed by atoms with Crippen molar-refractivity contribution in [2.45, 2.75) is 64.1 Å². The molecule has 7 heteroatoms. The molecule has 0 radical (unpaired) electrons. The van der Waals surface area contributed by atoms with Crippen LogP contribution in [0.1, 0.15) is 50.5 Å². The third kappa shape index (κ3) is 4.34. The number of esters is 1. The lowest BCUT2D eigenvalue weighted by Gasteiger charge is -2.32. The van der Waals surface area contributed by atoms with E-state index in [0.29, 0.717) is 18.2 Å². The number of hydrogen-bond acceptors (Lipinski definition) is 3. The number of nitrogens with zero attached hydrogens (tertiary/aromatic N) is 2. The van der Waals surface area contributed by atoms with Crippen LogP contribution in [0.3, 0.4) is 0 Å². The van der Waals surface area contributed by atoms with Gasteiger partial charge >= 0.3 is 5.97 Å². The summed E-state index contributed by atoms with van der Waals surface area (Å²) < 4.78 is 37.1. The predicted molar refractivity (Wildman–Crippen MR) is 103 cm³/mol. The molecule has 1 aromatic carbocycles. The molecule has 29 heavy (non-hydrogen) atoms. The maximum Gasteiger partial charge on any atom is 0.343 e. The van der Waals surface area contributed by atoms with Gasteiger partial charge in [0.25, 0.3) is 5.82 Å². The van der Waals surface area contributed by atoms with Gasteiger partial charge in [0.15, 0.2) is 5.60 Å². The maximum atomic E-state index is 13.8. The number of aliphatic hydroxyl groups is 1. The summed E-state index contributed by atoms with van der Waals surface area (Å²) in [6.45, 7) is 6.60. The van der Waals surface area contributed by atoms with E-state index in [1.165, 1.54) is 0 Å². The Labute approximate surface area is 169 Å². The normalized spacial score (nSPS) is 20.6. The number of imidazole rings is 1. The summed E-state index contributed by atoms with van der Waals surface area (Å²) >= 11 is 0. The Balaban J connectivity index is 1.74. The smallest absolute Gasteiger partial charge is 0.343 e. The Hall–Kier alpha value is -2.28. The van der Waals surface area contributed by atoms with Crippen LogP contribution in [0.5, 0.6) is 0 Å². The first-order chi connectivity index (χ1) is 13.6. The van der Waals surface area contributed by atoms with Crippen LogP contribution in [-0.4, -0.2) is 28.2 Å². The second-order valence-electron chi connectivity index (χ2n) is 8.10. The third-order valence-corrected chi connectivity index (χ3v) is 5.84. The molecule has 2 aromatic rings. The minimum Gasteiger partial charge on any atom is -0.459 e. The first-order valence-electron chi connectivity index (χ1n) is 10.0. The number of hydrogen-bond donors (Lipinski definition) is 1. The summed E-state index contributed by atoms with van der Waals surface area (Å²) in [4.78, 5) is 12.9. The van der Waals surface area contributed by atoms with Crippen LogP contribution in [0, 0.1) is 12.8 Å². The van der Waals surface area contributed by atoms with Crippen molar-refractivity contribution >= 4 is 5.97 Å². The highest BCUT2D eigenvalue weighted by Crippen LogP contribution is 2.47. The topological polar surface area (TPSA) is 55.3 Å². The molecule has 2 atom stereocenters. The maximum absolute atomic E-state index is 13.8. The fourth-order valence-electron chi connectivity index (χ4n) is 4.16. The quantitative estimate of drug-likeness (QED) is 0.564. The Morgan fingerprint density at radius 3 is 2.62 bits per heavy atom. The molecule has 0 bridgehead atoms. The lowest BCUT2D eigenvalue weighted by molar-refractivity contribution is -0.703. The summed E-state index contributed by atoms with van der Waals surface area (Å²) in [5, 5.41) is 11.3. The molecule has 0 aliphatic heterocycles. The molecule has 1 fully saturated rings. The molecule has 0 spiro atoms. The lowest BCUT2D eigenvalue weighted by atomic mass is 9.80. The average molecular weight is 407 g/mol. The zero-order chi connectivity index (χ0) is 21.2. The Bertz CT molecular complexity index is 851. The molecule has 1 aliphatic rings. The molecule has 158 valence electrons. The van der Waals surface area contributed by atoms with Crippen molar-refractivity contribution in [2.24, 2.45) is 5.92 Å². The van der Waals surface area contributed by atoms with Crippen molar-refractivity contribution < 1.29 is 28.0 Å². The number of benzene rings is 1. The van der Waals surface area contributed by atoms with Gasteiger partial charge in [-0.25, -0.2) is 22.7 Å². The first-order valence-corrected chi connectivity index (χ1v) is 10.0. The van der Waals surface area contributed by atoms with Gasteiger partial charge in [0.2, 0.25) is 5.92 Å². The highest BCUT2D eigenvalue weighted by Gasteiger charge is 2.54. The van der Waals surface area contributed by atoms with Crippen molar-refractivity contribution in [1.82, 2.24) is 4.57 Å². The number of ether oxygens (including phenoxy) is 1. The van der Waals surface area contributed by atoms with Gasteiger partial charge in [0.1, 0.15) is 25.5 Å². The van der Waals surface area contributed by atoms with E-state index in [-0.39, 0.29) is 19.4 Å². The summed E-state index contributed by atoms with van der Waals surface area (Å²) in [7, 11) is 0. The molecule has 3 rings (SSSR count). The number of halogens is 2. The van der Waals surface area contributed by atoms with E-state index < -0.39 is 29.8 Å². The van der Waals surface area contributed by atoms with Crippen LogP contribution in [0.2, 0.25) is 0 Å². The van der Waals surface area contributed by atoms with Crippen molar-refractivity contribution in [3.05, 3.63) is 54.1 Å². The fraction of sp³-hybridized carbons (Fsp3) is 0.545. The van der Waals surface area contributed by atoms with E-state index in [2.05, 4.69) is 18.4 Å². The van der Waals surface area contributed by atoms with Crippen molar-refractivity contribution in [1.29, 1.82) is 0 Å². The van der Waals surface area contributed by atoms with Crippen LogP contribution in [0.25, 0.3) is 0 Å². The molecule has 0 amide bonds. The van der Waals surface area contributed by atoms with E-state index in [4.69, 9.17) is 4.74 Å². The Morgan fingerprint density at radius 1 is 1.38 bits per heavy atom. The third-order valence-electron chi connectivity index (χ3n) is 5.84. The van der Waals surface area contributed by atoms with E-state index in [1.807, 2.05) is 23.9 Å². The molecule has 5 nitrogen and oxygen atoms in total. The number of rotatable bonds is 7. The van der Waals surface area contributed by atoms with Gasteiger partial charge in [-0.05, 0) is 25.8 Å². The summed E-state index contributed by atoms with van der Waals surface area (Å²) in [6.07, 6.45) is 3.07. The van der Waals surface area contributed by atoms with Gasteiger partial charge in [-0.1, -0.05) is 30.3 Å². The van der Waals surface area contributed by atoms with Crippen molar-refractivity contribution in [2.75, 3.05) is 6.61 Å². The fourth-order valence-corrected chi connectivity index (χ4v) is 4.16. The number of aromatic nitrogens is 2. The molecule has 1 saturated carbocycles. The van der Waals surface area contributed by atoms with Gasteiger partial charge in [0, 0.05) is 25.7 Å². The van der Waals surface area contributed by atoms with Gasteiger partial charge in [0.05, 0.1) is 6.04 Å². The molecular weight excluding hydrogens is 378 g/mol. The van der Waals surface area contributed by atoms with Gasteiger partial charge in [-0.3, -0.25) is 0 Å². The van der Waals surface area contributed by atoms with Crippen LogP contribution in [-0.2, 0) is 21.7 Å². The van der Waals surface area contributed by atoms with E-state index in [0.717, 1.165) is 5.82 Å². The molecule has 1 aliphatic carbocycles. The molecular formula is C22H29F2N2O3+. The number of alkyl halides is 2. The summed E-state index contributed by atoms with van der Waals surface area (Å²) in [6, 6.07) is 8.57. The highest BCUT2D eigenvalue weighted by atomic mass is 19.3. The van der Waals surface area contributed by atoms with Gasteiger partial charge in [-0.2, -0.15) is 0 Å². The molecule has 0 saturated heterocycles. The lowest BCUT2D eigenvalue weighted by Crippen LogP contribution is -2.45. The monoisotopic (exact) mass is 407 g/mol. The SMILES string of the molecule is Cc1n(C(C)C)cc[n+]1CCOC(=O)C(O)(c1ccccc1)C1CCC(F)(F)C1. The minimum atomic E-state index is -2.87. The minimum absolute atomic E-state index is 0.0463. The molecule has 2 unspecified atom stereocenters. The van der Waals surface area contributed by atoms with E-state index >= 15 is 0 Å². The standard InChI is InChI=1S/C22H29F2N2O3/c1-16(2)26-12-11-25(17(26)3)13-14-29-20(27)22(28,18-7-5-4-6-8-18)19-9-10-21(23,24)15-19/h4-8,11-12,16,19,28H,9-10,13-15H2,1-3H3/q+1. The van der Waals surface area contributed by atoms with Crippen LogP contribution < -0.4 is 4.57 Å². The summed E-state index contributed by atoms with van der Waals surface area (Å²) in [5.41, 5.74) is -1.78. The van der Waals surface area contributed by atoms with Gasteiger partial charge in [-0.15, -0.1) is 0 Å². The van der Waals surface area contributed by atoms with Crippen molar-refractivity contribution in [3.63, 3.8) is 0 Å². The molecule has 1 aromatic heterocycles. The summed E-state index contributed by atoms with van der Waals surface area (Å²) in [5.74, 6) is -3.61. The number of carbonyl (C=O) groups is 1. The largest absolute Gasteiger partial charge is 0.459 e. The Morgan fingerprint density at radius 2 is 2.07 bits per heavy atom. The van der Waals surface area contributed by atoms with Gasteiger partial charge < -0.3 is 9.84 Å². The average Bonchev–Trinajstić information content (AvgIpc) is 3.24. The first kappa shape index (κ1) is 21.4. The Kier molecular flexibility index (Phi) is 6.08. The predicted octanol–water partition coefficient (Wildman–Crippen LogP) is 3.53. The van der Waals surface area contributed by atoms with Crippen LogP contribution in [0.15, 0.2) is 42.7 Å². The molecule has 1 N–H and O–H groups in total. The van der Waals surface area contributed by atoms with Crippen molar-refractivity contribution in [3.8, 4) is 0 Å². The van der Waals surface area contributed by atoms with E-state index in [1.54, 1.807) is 30.3 Å². The molecule has 1 heterocycles. The number of carbonyl (C=O) groups excluding carboxylic acids is 1. The van der Waals surface area contributed by atoms with Crippen LogP contribution in [0.4, 0.5) is 8.78 Å². The second kappa shape index (κ2) is 8.22. The van der Waals surface area contributed by atoms with Crippen LogP contribution >= 0.6 is 0 Å². The zero-order valence-electron chi connectivity index (χ0n) is 17.1. The second-order valence-corrected chi connectivity index (χ2v) is 8.10. The van der Waals surface area contributed by atoms with E-state index in [9.17, 15) is 18.7 Å². The zero-order valence-corrected chi connectivity index (χ0v) is 17.1. The highest BCUT2D eigenvalue weighted by molar-refractivity contribution is 5.81.